The normalized spacial score (nSPS) is 14.6. The second-order valence-electron chi connectivity index (χ2n) is 6.82. The Bertz CT molecular complexity index is 832. The van der Waals surface area contributed by atoms with Gasteiger partial charge in [0.05, 0.1) is 11.7 Å². The number of rotatable bonds is 7. The van der Waals surface area contributed by atoms with Gasteiger partial charge in [0.15, 0.2) is 5.69 Å². The molecular weight excluding hydrogens is 363 g/mol. The van der Waals surface area contributed by atoms with Crippen molar-refractivity contribution < 1.29 is 14.0 Å². The summed E-state index contributed by atoms with van der Waals surface area (Å²) < 4.78 is 15.0. The fourth-order valence-corrected chi connectivity index (χ4v) is 3.26. The standard InChI is InChI=1S/C19H25FN6O2/c1-13-17(24-25-26(13)16-6-10-21-11-7-16)19(28)23-9-3-8-22-18(27)14-4-2-5-15(20)12-14/h2,4-5,12,16,21H,3,6-11H2,1H3,(H,22,27)(H,23,28). The minimum atomic E-state index is -0.451. The lowest BCUT2D eigenvalue weighted by atomic mass is 10.1. The first-order chi connectivity index (χ1) is 13.6. The molecule has 0 radical (unpaired) electrons. The van der Waals surface area contributed by atoms with Crippen LogP contribution in [0.2, 0.25) is 0 Å². The highest BCUT2D eigenvalue weighted by molar-refractivity contribution is 5.94. The predicted octanol–water partition coefficient (Wildman–Crippen LogP) is 1.20. The van der Waals surface area contributed by atoms with Gasteiger partial charge in [-0.1, -0.05) is 11.3 Å². The number of hydrogen-bond donors (Lipinski definition) is 3. The van der Waals surface area contributed by atoms with Gasteiger partial charge in [-0.3, -0.25) is 9.59 Å². The molecule has 150 valence electrons. The highest BCUT2D eigenvalue weighted by Crippen LogP contribution is 2.20. The average Bonchev–Trinajstić information content (AvgIpc) is 3.09. The Labute approximate surface area is 162 Å². The number of hydrogen-bond acceptors (Lipinski definition) is 5. The van der Waals surface area contributed by atoms with Crippen molar-refractivity contribution in [3.8, 4) is 0 Å². The first-order valence-electron chi connectivity index (χ1n) is 9.50. The van der Waals surface area contributed by atoms with Gasteiger partial charge in [0.2, 0.25) is 0 Å². The molecule has 1 aromatic carbocycles. The summed E-state index contributed by atoms with van der Waals surface area (Å²) in [7, 11) is 0. The van der Waals surface area contributed by atoms with Crippen LogP contribution in [-0.2, 0) is 0 Å². The van der Waals surface area contributed by atoms with Crippen LogP contribution < -0.4 is 16.0 Å². The number of amides is 2. The van der Waals surface area contributed by atoms with Gasteiger partial charge in [-0.05, 0) is 57.5 Å². The van der Waals surface area contributed by atoms with Gasteiger partial charge in [-0.25, -0.2) is 9.07 Å². The highest BCUT2D eigenvalue weighted by Gasteiger charge is 2.22. The molecule has 0 bridgehead atoms. The Morgan fingerprint density at radius 3 is 2.64 bits per heavy atom. The van der Waals surface area contributed by atoms with Crippen molar-refractivity contribution in [3.63, 3.8) is 0 Å². The topological polar surface area (TPSA) is 101 Å². The van der Waals surface area contributed by atoms with Crippen LogP contribution in [0.3, 0.4) is 0 Å². The molecule has 3 rings (SSSR count). The number of nitrogens with zero attached hydrogens (tertiary/aromatic N) is 3. The monoisotopic (exact) mass is 388 g/mol. The molecule has 0 saturated carbocycles. The maximum Gasteiger partial charge on any atom is 0.273 e. The molecule has 0 spiro atoms. The third kappa shape index (κ3) is 4.92. The zero-order valence-corrected chi connectivity index (χ0v) is 15.9. The lowest BCUT2D eigenvalue weighted by molar-refractivity contribution is 0.0947. The number of nitrogens with one attached hydrogen (secondary N) is 3. The molecule has 2 amide bonds. The number of carbonyl (C=O) groups excluding carboxylic acids is 2. The molecule has 1 fully saturated rings. The zero-order valence-electron chi connectivity index (χ0n) is 15.9. The first kappa shape index (κ1) is 19.9. The number of carbonyl (C=O) groups is 2. The van der Waals surface area contributed by atoms with Crippen molar-refractivity contribution in [2.24, 2.45) is 0 Å². The van der Waals surface area contributed by atoms with Gasteiger partial charge in [0, 0.05) is 18.7 Å². The summed E-state index contributed by atoms with van der Waals surface area (Å²) >= 11 is 0. The van der Waals surface area contributed by atoms with E-state index in [0.29, 0.717) is 25.2 Å². The van der Waals surface area contributed by atoms with Crippen LogP contribution >= 0.6 is 0 Å². The van der Waals surface area contributed by atoms with Crippen LogP contribution in [0.1, 0.15) is 51.8 Å². The summed E-state index contributed by atoms with van der Waals surface area (Å²) in [6.45, 7) is 4.49. The smallest absolute Gasteiger partial charge is 0.273 e. The van der Waals surface area contributed by atoms with E-state index in [1.165, 1.54) is 18.2 Å². The number of piperidine rings is 1. The van der Waals surface area contributed by atoms with E-state index in [4.69, 9.17) is 0 Å². The molecular formula is C19H25FN6O2. The van der Waals surface area contributed by atoms with Gasteiger partial charge < -0.3 is 16.0 Å². The largest absolute Gasteiger partial charge is 0.352 e. The van der Waals surface area contributed by atoms with Crippen LogP contribution in [0.15, 0.2) is 24.3 Å². The summed E-state index contributed by atoms with van der Waals surface area (Å²) in [6.07, 6.45) is 2.49. The molecule has 1 aromatic heterocycles. The van der Waals surface area contributed by atoms with Crippen molar-refractivity contribution in [2.75, 3.05) is 26.2 Å². The van der Waals surface area contributed by atoms with E-state index in [9.17, 15) is 14.0 Å². The van der Waals surface area contributed by atoms with Crippen molar-refractivity contribution in [1.29, 1.82) is 0 Å². The molecule has 9 heteroatoms. The van der Waals surface area contributed by atoms with Crippen molar-refractivity contribution >= 4 is 11.8 Å². The third-order valence-electron chi connectivity index (χ3n) is 4.81. The maximum atomic E-state index is 13.1. The SMILES string of the molecule is Cc1c(C(=O)NCCCNC(=O)c2cccc(F)c2)nnn1C1CCNCC1. The summed E-state index contributed by atoms with van der Waals surface area (Å²) in [4.78, 5) is 24.3. The lowest BCUT2D eigenvalue weighted by Crippen LogP contribution is -2.31. The van der Waals surface area contributed by atoms with Crippen LogP contribution in [0.25, 0.3) is 0 Å². The van der Waals surface area contributed by atoms with Crippen LogP contribution in [0, 0.1) is 12.7 Å². The molecule has 2 heterocycles. The zero-order chi connectivity index (χ0) is 19.9. The minimum absolute atomic E-state index is 0.269. The van der Waals surface area contributed by atoms with Gasteiger partial charge in [-0.2, -0.15) is 0 Å². The van der Waals surface area contributed by atoms with E-state index < -0.39 is 5.82 Å². The van der Waals surface area contributed by atoms with Crippen molar-refractivity contribution in [1.82, 2.24) is 30.9 Å². The Kier molecular flexibility index (Phi) is 6.70. The van der Waals surface area contributed by atoms with Gasteiger partial charge in [0.25, 0.3) is 11.8 Å². The van der Waals surface area contributed by atoms with Gasteiger partial charge in [-0.15, -0.1) is 5.10 Å². The Morgan fingerprint density at radius 1 is 1.21 bits per heavy atom. The fraction of sp³-hybridized carbons (Fsp3) is 0.474. The number of halogens is 1. The summed E-state index contributed by atoms with van der Waals surface area (Å²) in [6, 6.07) is 5.79. The molecule has 0 aliphatic carbocycles. The van der Waals surface area contributed by atoms with E-state index in [0.717, 1.165) is 31.6 Å². The van der Waals surface area contributed by atoms with E-state index in [2.05, 4.69) is 26.3 Å². The second-order valence-corrected chi connectivity index (χ2v) is 6.82. The molecule has 1 saturated heterocycles. The predicted molar refractivity (Wildman–Crippen MR) is 102 cm³/mol. The van der Waals surface area contributed by atoms with E-state index in [1.54, 1.807) is 6.07 Å². The molecule has 0 unspecified atom stereocenters. The van der Waals surface area contributed by atoms with E-state index in [-0.39, 0.29) is 23.4 Å². The molecule has 28 heavy (non-hydrogen) atoms. The average molecular weight is 388 g/mol. The molecule has 3 N–H and O–H groups in total. The number of benzene rings is 1. The molecule has 0 atom stereocenters. The van der Waals surface area contributed by atoms with Gasteiger partial charge in [0.1, 0.15) is 5.82 Å². The maximum absolute atomic E-state index is 13.1. The molecule has 8 nitrogen and oxygen atoms in total. The summed E-state index contributed by atoms with van der Waals surface area (Å²) in [5.41, 5.74) is 1.38. The second kappa shape index (κ2) is 9.41. The fourth-order valence-electron chi connectivity index (χ4n) is 3.26. The van der Waals surface area contributed by atoms with Crippen molar-refractivity contribution in [2.45, 2.75) is 32.2 Å². The molecule has 1 aliphatic rings. The lowest BCUT2D eigenvalue weighted by Gasteiger charge is -2.23. The highest BCUT2D eigenvalue weighted by atomic mass is 19.1. The summed E-state index contributed by atoms with van der Waals surface area (Å²) in [5, 5.41) is 17.0. The Balaban J connectivity index is 1.42. The molecule has 2 aromatic rings. The van der Waals surface area contributed by atoms with Crippen LogP contribution in [0.4, 0.5) is 4.39 Å². The molecule has 1 aliphatic heterocycles. The Morgan fingerprint density at radius 2 is 1.93 bits per heavy atom. The third-order valence-corrected chi connectivity index (χ3v) is 4.81. The minimum Gasteiger partial charge on any atom is -0.352 e. The quantitative estimate of drug-likeness (QED) is 0.619. The van der Waals surface area contributed by atoms with Crippen LogP contribution in [0.5, 0.6) is 0 Å². The van der Waals surface area contributed by atoms with Crippen molar-refractivity contribution in [3.05, 3.63) is 47.0 Å². The Hall–Kier alpha value is -2.81. The first-order valence-corrected chi connectivity index (χ1v) is 9.50. The van der Waals surface area contributed by atoms with E-state index in [1.807, 2.05) is 11.6 Å². The van der Waals surface area contributed by atoms with E-state index >= 15 is 0 Å². The number of aromatic nitrogens is 3. The van der Waals surface area contributed by atoms with Gasteiger partial charge >= 0.3 is 0 Å². The van der Waals surface area contributed by atoms with Crippen LogP contribution in [-0.4, -0.2) is 53.0 Å². The summed E-state index contributed by atoms with van der Waals surface area (Å²) in [5.74, 6) is -1.06.